The molecule has 0 radical (unpaired) electrons. The van der Waals surface area contributed by atoms with Crippen LogP contribution in [-0.2, 0) is 0 Å². The second kappa shape index (κ2) is 4.01. The van der Waals surface area contributed by atoms with Crippen molar-refractivity contribution in [1.29, 1.82) is 0 Å². The fraction of sp³-hybridized carbons (Fsp3) is 0.0909. The number of imidazole rings is 1. The van der Waals surface area contributed by atoms with E-state index in [9.17, 15) is 0 Å². The van der Waals surface area contributed by atoms with E-state index < -0.39 is 0 Å². The summed E-state index contributed by atoms with van der Waals surface area (Å²) >= 11 is 7.48. The third-order valence-electron chi connectivity index (χ3n) is 2.39. The summed E-state index contributed by atoms with van der Waals surface area (Å²) in [7, 11) is 1.60. The zero-order chi connectivity index (χ0) is 11.8. The Labute approximate surface area is 106 Å². The van der Waals surface area contributed by atoms with E-state index in [4.69, 9.17) is 16.3 Å². The molecule has 0 aliphatic heterocycles. The molecule has 0 bridgehead atoms. The average molecular weight is 266 g/mol. The maximum absolute atomic E-state index is 5.87. The molecule has 0 fully saturated rings. The van der Waals surface area contributed by atoms with Crippen molar-refractivity contribution < 1.29 is 4.74 Å². The van der Waals surface area contributed by atoms with Gasteiger partial charge in [0.25, 0.3) is 0 Å². The molecule has 3 aromatic rings. The molecule has 6 heteroatoms. The highest BCUT2D eigenvalue weighted by Gasteiger charge is 2.15. The highest BCUT2D eigenvalue weighted by molar-refractivity contribution is 7.08. The molecule has 0 saturated carbocycles. The maximum atomic E-state index is 5.87. The van der Waals surface area contributed by atoms with E-state index in [0.717, 1.165) is 11.3 Å². The van der Waals surface area contributed by atoms with Gasteiger partial charge in [-0.25, -0.2) is 4.98 Å². The first-order chi connectivity index (χ1) is 8.29. The average Bonchev–Trinajstić information content (AvgIpc) is 2.94. The van der Waals surface area contributed by atoms with Gasteiger partial charge in [-0.2, -0.15) is 21.0 Å². The Morgan fingerprint density at radius 1 is 1.35 bits per heavy atom. The van der Waals surface area contributed by atoms with Crippen molar-refractivity contribution in [3.8, 4) is 17.1 Å². The number of hydrogen-bond acceptors (Lipinski definition) is 4. The van der Waals surface area contributed by atoms with Gasteiger partial charge in [0, 0.05) is 10.9 Å². The Morgan fingerprint density at radius 3 is 2.94 bits per heavy atom. The molecule has 0 atom stereocenters. The van der Waals surface area contributed by atoms with Crippen LogP contribution in [0.4, 0.5) is 0 Å². The number of rotatable bonds is 2. The van der Waals surface area contributed by atoms with Gasteiger partial charge < -0.3 is 4.74 Å². The van der Waals surface area contributed by atoms with Gasteiger partial charge in [0.05, 0.1) is 7.11 Å². The molecular weight excluding hydrogens is 258 g/mol. The van der Waals surface area contributed by atoms with E-state index in [1.165, 1.54) is 0 Å². The third-order valence-corrected chi connectivity index (χ3v) is 3.28. The first-order valence-electron chi connectivity index (χ1n) is 4.91. The van der Waals surface area contributed by atoms with Crippen LogP contribution in [0.1, 0.15) is 0 Å². The molecule has 17 heavy (non-hydrogen) atoms. The normalized spacial score (nSPS) is 10.9. The number of halogens is 1. The minimum Gasteiger partial charge on any atom is -0.479 e. The second-order valence-corrected chi connectivity index (χ2v) is 4.58. The van der Waals surface area contributed by atoms with Crippen molar-refractivity contribution >= 4 is 28.6 Å². The van der Waals surface area contributed by atoms with Crippen LogP contribution in [0.15, 0.2) is 29.0 Å². The molecule has 0 saturated heterocycles. The van der Waals surface area contributed by atoms with Crippen molar-refractivity contribution in [2.24, 2.45) is 0 Å². The summed E-state index contributed by atoms with van der Waals surface area (Å²) in [5.41, 5.74) is 2.52. The van der Waals surface area contributed by atoms with Crippen molar-refractivity contribution in [3.05, 3.63) is 34.1 Å². The van der Waals surface area contributed by atoms with Gasteiger partial charge in [0.15, 0.2) is 5.65 Å². The van der Waals surface area contributed by atoms with E-state index in [2.05, 4.69) is 10.1 Å². The zero-order valence-corrected chi connectivity index (χ0v) is 10.5. The fourth-order valence-electron chi connectivity index (χ4n) is 1.66. The number of hydrogen-bond donors (Lipinski definition) is 0. The summed E-state index contributed by atoms with van der Waals surface area (Å²) in [6.07, 6.45) is 0. The molecule has 0 aliphatic rings. The summed E-state index contributed by atoms with van der Waals surface area (Å²) in [5, 5.41) is 8.60. The Hall–Kier alpha value is -1.59. The van der Waals surface area contributed by atoms with Crippen molar-refractivity contribution in [2.75, 3.05) is 7.11 Å². The lowest BCUT2D eigenvalue weighted by atomic mass is 10.2. The number of nitrogens with zero attached hydrogens (tertiary/aromatic N) is 3. The van der Waals surface area contributed by atoms with Crippen molar-refractivity contribution in [3.63, 3.8) is 0 Å². The summed E-state index contributed by atoms with van der Waals surface area (Å²) in [4.78, 5) is 4.49. The molecule has 3 aromatic heterocycles. The van der Waals surface area contributed by atoms with Crippen LogP contribution in [0, 0.1) is 0 Å². The van der Waals surface area contributed by atoms with Crippen LogP contribution in [0.2, 0.25) is 5.15 Å². The largest absolute Gasteiger partial charge is 0.479 e. The van der Waals surface area contributed by atoms with E-state index >= 15 is 0 Å². The fourth-order valence-corrected chi connectivity index (χ4v) is 2.44. The molecule has 0 aliphatic carbocycles. The zero-order valence-electron chi connectivity index (χ0n) is 8.92. The monoisotopic (exact) mass is 265 g/mol. The quantitative estimate of drug-likeness (QED) is 0.715. The van der Waals surface area contributed by atoms with Gasteiger partial charge >= 0.3 is 0 Å². The summed E-state index contributed by atoms with van der Waals surface area (Å²) in [6, 6.07) is 5.52. The molecule has 0 spiro atoms. The van der Waals surface area contributed by atoms with Crippen molar-refractivity contribution in [2.45, 2.75) is 0 Å². The molecule has 3 heterocycles. The van der Waals surface area contributed by atoms with Crippen LogP contribution >= 0.6 is 22.9 Å². The number of ether oxygens (including phenoxy) is 1. The lowest BCUT2D eigenvalue weighted by Gasteiger charge is -2.00. The van der Waals surface area contributed by atoms with Gasteiger partial charge in [0.1, 0.15) is 10.8 Å². The molecule has 0 amide bonds. The van der Waals surface area contributed by atoms with Crippen LogP contribution in [-0.4, -0.2) is 21.7 Å². The highest BCUT2D eigenvalue weighted by Crippen LogP contribution is 2.31. The lowest BCUT2D eigenvalue weighted by molar-refractivity contribution is 0.389. The van der Waals surface area contributed by atoms with Crippen LogP contribution in [0.25, 0.3) is 16.9 Å². The molecule has 4 nitrogen and oxygen atoms in total. The predicted molar refractivity (Wildman–Crippen MR) is 67.9 cm³/mol. The lowest BCUT2D eigenvalue weighted by Crippen LogP contribution is -1.95. The third kappa shape index (κ3) is 1.67. The first-order valence-corrected chi connectivity index (χ1v) is 6.23. The number of thiophene rings is 1. The van der Waals surface area contributed by atoms with Crippen LogP contribution < -0.4 is 4.74 Å². The van der Waals surface area contributed by atoms with Crippen LogP contribution in [0.5, 0.6) is 5.88 Å². The number of methoxy groups -OCH3 is 1. The van der Waals surface area contributed by atoms with Gasteiger partial charge in [-0.05, 0) is 23.6 Å². The Kier molecular flexibility index (Phi) is 2.49. The van der Waals surface area contributed by atoms with E-state index in [-0.39, 0.29) is 0 Å². The summed E-state index contributed by atoms with van der Waals surface area (Å²) in [6.45, 7) is 0. The first kappa shape index (κ1) is 10.6. The topological polar surface area (TPSA) is 39.4 Å². The molecule has 86 valence electrons. The Morgan fingerprint density at radius 2 is 2.24 bits per heavy atom. The van der Waals surface area contributed by atoms with Gasteiger partial charge in [-0.3, -0.25) is 0 Å². The number of fused-ring (bicyclic) bond motifs is 1. The maximum Gasteiger partial charge on any atom is 0.243 e. The SMILES string of the molecule is COc1c(-c2ccsc2)nc2ccc(Cl)nn12. The van der Waals surface area contributed by atoms with E-state index in [0.29, 0.717) is 16.7 Å². The standard InChI is InChI=1S/C11H8ClN3OS/c1-16-11-10(7-4-5-17-6-7)13-9-3-2-8(12)14-15(9)11/h2-6H,1H3. The molecule has 0 N–H and O–H groups in total. The molecule has 3 rings (SSSR count). The minimum atomic E-state index is 0.407. The summed E-state index contributed by atoms with van der Waals surface area (Å²) < 4.78 is 6.97. The molecular formula is C11H8ClN3OS. The van der Waals surface area contributed by atoms with E-state index in [1.54, 1.807) is 29.0 Å². The summed E-state index contributed by atoms with van der Waals surface area (Å²) in [5.74, 6) is 0.598. The Balaban J connectivity index is 2.32. The smallest absolute Gasteiger partial charge is 0.243 e. The van der Waals surface area contributed by atoms with E-state index in [1.807, 2.05) is 22.9 Å². The van der Waals surface area contributed by atoms with Gasteiger partial charge in [-0.1, -0.05) is 11.6 Å². The Bertz CT molecular complexity index is 663. The highest BCUT2D eigenvalue weighted by atomic mass is 35.5. The number of aromatic nitrogens is 3. The minimum absolute atomic E-state index is 0.407. The van der Waals surface area contributed by atoms with Crippen molar-refractivity contribution in [1.82, 2.24) is 14.6 Å². The van der Waals surface area contributed by atoms with Gasteiger partial charge in [0.2, 0.25) is 5.88 Å². The molecule has 0 unspecified atom stereocenters. The predicted octanol–water partition coefficient (Wildman–Crippen LogP) is 3.12. The second-order valence-electron chi connectivity index (χ2n) is 3.41. The van der Waals surface area contributed by atoms with Crippen LogP contribution in [0.3, 0.4) is 0 Å². The molecule has 0 aromatic carbocycles. The van der Waals surface area contributed by atoms with Gasteiger partial charge in [-0.15, -0.1) is 0 Å².